The van der Waals surface area contributed by atoms with E-state index in [1.54, 1.807) is 0 Å². The molecule has 2 aromatic heterocycles. The van der Waals surface area contributed by atoms with E-state index in [1.165, 1.54) is 26.0 Å². The summed E-state index contributed by atoms with van der Waals surface area (Å²) in [7, 11) is 0. The standard InChI is InChI=1S/C51H34F6S2/c1-31-41(29-45(58-31)39-25-23-37(33-15-7-3-8-16-33)27-43(39)35-19-11-5-12-20-35)47-48(50(54,55)51(56,57)49(47,52)53)42-30-46(59-32(42)2)40-26-24-38(34-17-9-4-10-18-34)28-44(40)36-21-13-6-14-22-36/h3-30H,1-2H3. The summed E-state index contributed by atoms with van der Waals surface area (Å²) in [6.07, 6.45) is 0. The Kier molecular flexibility index (Phi) is 9.60. The molecule has 0 nitrogen and oxygen atoms in total. The predicted octanol–water partition coefficient (Wildman–Crippen LogP) is 16.3. The summed E-state index contributed by atoms with van der Waals surface area (Å²) < 4.78 is 96.9. The molecule has 1 aliphatic carbocycles. The van der Waals surface area contributed by atoms with Gasteiger partial charge in [0, 0.05) is 30.7 Å². The molecule has 0 atom stereocenters. The number of hydrogen-bond acceptors (Lipinski definition) is 2. The molecule has 0 N–H and O–H groups in total. The summed E-state index contributed by atoms with van der Waals surface area (Å²) in [5.74, 6) is -16.1. The molecular formula is C51H34F6S2. The third-order valence-corrected chi connectivity index (χ3v) is 13.2. The Hall–Kier alpha value is -5.96. The Bertz CT molecular complexity index is 2660. The first-order chi connectivity index (χ1) is 28.4. The maximum absolute atomic E-state index is 16.4. The molecule has 8 heteroatoms. The number of halogens is 6. The van der Waals surface area contributed by atoms with Gasteiger partial charge in [0.15, 0.2) is 0 Å². The lowest BCUT2D eigenvalue weighted by Crippen LogP contribution is -2.48. The van der Waals surface area contributed by atoms with Crippen molar-refractivity contribution in [2.75, 3.05) is 0 Å². The molecule has 0 bridgehead atoms. The number of allylic oxidation sites excluding steroid dienone is 2. The molecule has 0 spiro atoms. The summed E-state index contributed by atoms with van der Waals surface area (Å²) in [5, 5.41) is 0. The van der Waals surface area contributed by atoms with Crippen LogP contribution in [0, 0.1) is 13.8 Å². The molecule has 0 saturated carbocycles. The van der Waals surface area contributed by atoms with Crippen LogP contribution < -0.4 is 0 Å². The summed E-state index contributed by atoms with van der Waals surface area (Å²) >= 11 is 2.23. The zero-order valence-electron chi connectivity index (χ0n) is 31.8. The third-order valence-electron chi connectivity index (χ3n) is 11.0. The predicted molar refractivity (Wildman–Crippen MR) is 232 cm³/mol. The zero-order chi connectivity index (χ0) is 41.1. The van der Waals surface area contributed by atoms with E-state index in [9.17, 15) is 0 Å². The van der Waals surface area contributed by atoms with Crippen LogP contribution in [-0.2, 0) is 0 Å². The van der Waals surface area contributed by atoms with Crippen molar-refractivity contribution in [1.29, 1.82) is 0 Å². The first kappa shape index (κ1) is 38.6. The first-order valence-electron chi connectivity index (χ1n) is 19.0. The Balaban J connectivity index is 1.22. The molecule has 0 saturated heterocycles. The van der Waals surface area contributed by atoms with Crippen LogP contribution in [0.1, 0.15) is 20.9 Å². The minimum atomic E-state index is -5.69. The van der Waals surface area contributed by atoms with Gasteiger partial charge in [0.05, 0.1) is 0 Å². The van der Waals surface area contributed by atoms with Crippen molar-refractivity contribution in [2.24, 2.45) is 0 Å². The summed E-state index contributed by atoms with van der Waals surface area (Å²) in [6.45, 7) is 3.04. The van der Waals surface area contributed by atoms with Crippen LogP contribution in [0.15, 0.2) is 170 Å². The normalized spacial score (nSPS) is 15.5. The van der Waals surface area contributed by atoms with E-state index in [-0.39, 0.29) is 20.9 Å². The van der Waals surface area contributed by atoms with E-state index in [2.05, 4.69) is 0 Å². The lowest BCUT2D eigenvalue weighted by molar-refractivity contribution is -0.254. The van der Waals surface area contributed by atoms with E-state index in [4.69, 9.17) is 0 Å². The Morgan fingerprint density at radius 1 is 0.322 bits per heavy atom. The van der Waals surface area contributed by atoms with Crippen molar-refractivity contribution in [1.82, 2.24) is 0 Å². The minimum Gasteiger partial charge on any atom is -0.194 e. The highest BCUT2D eigenvalue weighted by Crippen LogP contribution is 2.66. The van der Waals surface area contributed by atoms with Crippen molar-refractivity contribution in [3.8, 4) is 65.4 Å². The maximum atomic E-state index is 16.4. The highest BCUT2D eigenvalue weighted by molar-refractivity contribution is 7.16. The average molecular weight is 825 g/mol. The molecule has 292 valence electrons. The van der Waals surface area contributed by atoms with Crippen molar-refractivity contribution in [3.63, 3.8) is 0 Å². The van der Waals surface area contributed by atoms with E-state index < -0.39 is 28.9 Å². The maximum Gasteiger partial charge on any atom is 0.380 e. The van der Waals surface area contributed by atoms with Gasteiger partial charge in [-0.25, -0.2) is 0 Å². The van der Waals surface area contributed by atoms with Crippen molar-refractivity contribution < 1.29 is 26.3 Å². The Labute approximate surface area is 346 Å². The highest BCUT2D eigenvalue weighted by atomic mass is 32.1. The number of rotatable bonds is 8. The lowest BCUT2D eigenvalue weighted by Gasteiger charge is -2.25. The Morgan fingerprint density at radius 3 is 0.983 bits per heavy atom. The molecule has 0 aliphatic heterocycles. The molecule has 8 aromatic rings. The molecular weight excluding hydrogens is 791 g/mol. The smallest absolute Gasteiger partial charge is 0.194 e. The second-order valence-electron chi connectivity index (χ2n) is 14.6. The average Bonchev–Trinajstić information content (AvgIpc) is 3.86. The van der Waals surface area contributed by atoms with Crippen LogP contribution in [-0.4, -0.2) is 17.8 Å². The van der Waals surface area contributed by atoms with Gasteiger partial charge in [-0.1, -0.05) is 146 Å². The third kappa shape index (κ3) is 6.46. The number of thiophene rings is 2. The molecule has 6 aromatic carbocycles. The first-order valence-corrected chi connectivity index (χ1v) is 20.6. The van der Waals surface area contributed by atoms with E-state index in [0.29, 0.717) is 20.9 Å². The van der Waals surface area contributed by atoms with Crippen LogP contribution >= 0.6 is 22.7 Å². The van der Waals surface area contributed by atoms with E-state index in [1.807, 2.05) is 158 Å². The van der Waals surface area contributed by atoms with E-state index in [0.717, 1.165) is 67.2 Å². The van der Waals surface area contributed by atoms with Gasteiger partial charge in [-0.2, -0.15) is 26.3 Å². The van der Waals surface area contributed by atoms with Crippen LogP contribution in [0.2, 0.25) is 0 Å². The number of aryl methyl sites for hydroxylation is 2. The molecule has 9 rings (SSSR count). The molecule has 0 amide bonds. The second-order valence-corrected chi connectivity index (χ2v) is 17.1. The SMILES string of the molecule is Cc1sc(-c2ccc(-c3ccccc3)cc2-c2ccccc2)cc1C1=C(c2cc(-c3ccc(-c4ccccc4)cc3-c3ccccc3)sc2C)C(F)(F)C(F)(F)C1(F)F. The van der Waals surface area contributed by atoms with Gasteiger partial charge in [0.1, 0.15) is 0 Å². The van der Waals surface area contributed by atoms with Gasteiger partial charge in [0.25, 0.3) is 0 Å². The Morgan fingerprint density at radius 2 is 0.644 bits per heavy atom. The van der Waals surface area contributed by atoms with Crippen molar-refractivity contribution >= 4 is 33.8 Å². The molecule has 59 heavy (non-hydrogen) atoms. The zero-order valence-corrected chi connectivity index (χ0v) is 33.4. The van der Waals surface area contributed by atoms with Crippen LogP contribution in [0.5, 0.6) is 0 Å². The summed E-state index contributed by atoms with van der Waals surface area (Å²) in [6, 6.07) is 52.8. The fourth-order valence-corrected chi connectivity index (χ4v) is 10.1. The van der Waals surface area contributed by atoms with Crippen LogP contribution in [0.4, 0.5) is 26.3 Å². The minimum absolute atomic E-state index is 0.225. The summed E-state index contributed by atoms with van der Waals surface area (Å²) in [5.41, 5.74) is 5.05. The van der Waals surface area contributed by atoms with Gasteiger partial charge in [-0.3, -0.25) is 0 Å². The van der Waals surface area contributed by atoms with Crippen molar-refractivity contribution in [3.05, 3.63) is 191 Å². The molecule has 2 heterocycles. The van der Waals surface area contributed by atoms with Gasteiger partial charge < -0.3 is 0 Å². The lowest BCUT2D eigenvalue weighted by atomic mass is 9.91. The largest absolute Gasteiger partial charge is 0.380 e. The van der Waals surface area contributed by atoms with E-state index >= 15 is 26.3 Å². The van der Waals surface area contributed by atoms with Gasteiger partial charge >= 0.3 is 17.8 Å². The number of hydrogen-bond donors (Lipinski definition) is 0. The van der Waals surface area contributed by atoms with Crippen molar-refractivity contribution in [2.45, 2.75) is 31.6 Å². The monoisotopic (exact) mass is 824 g/mol. The summed E-state index contributed by atoms with van der Waals surface area (Å²) in [4.78, 5) is 1.43. The molecule has 0 radical (unpaired) electrons. The van der Waals surface area contributed by atoms with Crippen LogP contribution in [0.3, 0.4) is 0 Å². The molecule has 0 unspecified atom stereocenters. The highest BCUT2D eigenvalue weighted by Gasteiger charge is 2.80. The number of alkyl halides is 6. The van der Waals surface area contributed by atoms with Gasteiger partial charge in [-0.05, 0) is 105 Å². The topological polar surface area (TPSA) is 0 Å². The molecule has 1 aliphatic rings. The number of benzene rings is 6. The second kappa shape index (κ2) is 14.7. The quantitative estimate of drug-likeness (QED) is 0.134. The fourth-order valence-electron chi connectivity index (χ4n) is 8.01. The van der Waals surface area contributed by atoms with Crippen LogP contribution in [0.25, 0.3) is 76.5 Å². The van der Waals surface area contributed by atoms with Gasteiger partial charge in [0.2, 0.25) is 0 Å². The fraction of sp³-hybridized carbons (Fsp3) is 0.0980. The van der Waals surface area contributed by atoms with Gasteiger partial charge in [-0.15, -0.1) is 22.7 Å². The molecule has 0 fully saturated rings.